The van der Waals surface area contributed by atoms with Crippen molar-refractivity contribution >= 4 is 71.4 Å². The van der Waals surface area contributed by atoms with Gasteiger partial charge in [-0.2, -0.15) is 0 Å². The highest BCUT2D eigenvalue weighted by atomic mass is 16.3. The lowest BCUT2D eigenvalue weighted by atomic mass is 10.0. The van der Waals surface area contributed by atoms with Crippen LogP contribution in [-0.4, -0.2) is 14.1 Å². The van der Waals surface area contributed by atoms with Crippen LogP contribution >= 0.6 is 0 Å². The van der Waals surface area contributed by atoms with Gasteiger partial charge in [0.05, 0.1) is 34.2 Å². The molecule has 0 radical (unpaired) electrons. The van der Waals surface area contributed by atoms with Crippen molar-refractivity contribution in [3.05, 3.63) is 157 Å². The van der Waals surface area contributed by atoms with E-state index in [1.807, 2.05) is 36.5 Å². The van der Waals surface area contributed by atoms with E-state index in [1.165, 1.54) is 10.8 Å². The Morgan fingerprint density at radius 3 is 2.02 bits per heavy atom. The summed E-state index contributed by atoms with van der Waals surface area (Å²) in [4.78, 5) is 8.79. The van der Waals surface area contributed by atoms with Gasteiger partial charge in [0, 0.05) is 44.5 Å². The summed E-state index contributed by atoms with van der Waals surface area (Å²) in [6, 6.07) is 48.2. The van der Waals surface area contributed by atoms with Gasteiger partial charge in [0.25, 0.3) is 0 Å². The van der Waals surface area contributed by atoms with Crippen LogP contribution in [0.15, 0.2) is 150 Å². The fourth-order valence-electron chi connectivity index (χ4n) is 7.39. The zero-order chi connectivity index (χ0) is 31.1. The van der Waals surface area contributed by atoms with Crippen LogP contribution in [0.3, 0.4) is 0 Å². The van der Waals surface area contributed by atoms with E-state index in [0.717, 1.165) is 77.4 Å². The Kier molecular flexibility index (Phi) is 5.28. The van der Waals surface area contributed by atoms with Crippen molar-refractivity contribution in [2.75, 3.05) is 0 Å². The number of hydrogen-bond acceptors (Lipinski definition) is 2. The quantitative estimate of drug-likeness (QED) is 0.189. The molecule has 0 aliphatic carbocycles. The predicted octanol–water partition coefficient (Wildman–Crippen LogP) is 11.4. The molecule has 0 unspecified atom stereocenters. The normalized spacial score (nSPS) is 11.8. The van der Waals surface area contributed by atoms with Crippen LogP contribution in [0.4, 0.5) is 5.69 Å². The molecule has 0 fully saturated rings. The van der Waals surface area contributed by atoms with Crippen molar-refractivity contribution in [3.8, 4) is 22.5 Å². The van der Waals surface area contributed by atoms with Crippen molar-refractivity contribution in [1.29, 1.82) is 0 Å². The van der Waals surface area contributed by atoms with Crippen molar-refractivity contribution in [1.82, 2.24) is 14.1 Å². The molecule has 0 aliphatic heterocycles. The fourth-order valence-corrected chi connectivity index (χ4v) is 7.39. The van der Waals surface area contributed by atoms with Crippen LogP contribution in [-0.2, 0) is 0 Å². The largest absolute Gasteiger partial charge is 0.456 e. The number of benzene rings is 6. The molecule has 0 spiro atoms. The zero-order valence-electron chi connectivity index (χ0n) is 25.1. The summed E-state index contributed by atoms with van der Waals surface area (Å²) >= 11 is 0. The molecule has 0 bridgehead atoms. The molecule has 0 N–H and O–H groups in total. The fraction of sp³-hybridized carbons (Fsp3) is 0. The van der Waals surface area contributed by atoms with Crippen molar-refractivity contribution in [3.63, 3.8) is 0 Å². The standard InChI is InChI=1S/C42H24N4O/c1-43-28-22-27(24-30(25-28)46-34-15-5-2-12-31(34)32-13-3-6-16-35(32)46)26-10-8-11-29(23-26)45-36-19-20-39-40(33-14-4-7-18-38(33)47-39)41(36)42-37(45)17-9-21-44-42/h2-25H. The average Bonchev–Trinajstić information content (AvgIpc) is 3.79. The second-order valence-electron chi connectivity index (χ2n) is 11.9. The number of para-hydroxylation sites is 3. The molecule has 5 heteroatoms. The van der Waals surface area contributed by atoms with E-state index in [2.05, 4.69) is 123 Å². The van der Waals surface area contributed by atoms with Gasteiger partial charge in [0.2, 0.25) is 0 Å². The molecule has 4 heterocycles. The highest BCUT2D eigenvalue weighted by molar-refractivity contribution is 6.26. The van der Waals surface area contributed by atoms with E-state index in [9.17, 15) is 0 Å². The molecule has 0 amide bonds. The first-order chi connectivity index (χ1) is 23.3. The second kappa shape index (κ2) is 9.68. The second-order valence-corrected chi connectivity index (χ2v) is 11.9. The smallest absolute Gasteiger partial charge is 0.189 e. The topological polar surface area (TPSA) is 40.2 Å². The molecule has 4 aromatic heterocycles. The van der Waals surface area contributed by atoms with E-state index in [1.54, 1.807) is 0 Å². The van der Waals surface area contributed by atoms with E-state index < -0.39 is 0 Å². The Labute approximate surface area is 269 Å². The number of furan rings is 1. The van der Waals surface area contributed by atoms with Crippen LogP contribution < -0.4 is 0 Å². The predicted molar refractivity (Wildman–Crippen MR) is 192 cm³/mol. The van der Waals surface area contributed by atoms with E-state index >= 15 is 0 Å². The highest BCUT2D eigenvalue weighted by Crippen LogP contribution is 2.41. The Bertz CT molecular complexity index is 2880. The lowest BCUT2D eigenvalue weighted by molar-refractivity contribution is 0.669. The lowest BCUT2D eigenvalue weighted by Crippen LogP contribution is -1.96. The maximum Gasteiger partial charge on any atom is 0.189 e. The average molecular weight is 601 g/mol. The molecule has 0 atom stereocenters. The summed E-state index contributed by atoms with van der Waals surface area (Å²) in [5, 5.41) is 5.63. The minimum Gasteiger partial charge on any atom is -0.456 e. The molecule has 10 rings (SSSR count). The first kappa shape index (κ1) is 25.7. The van der Waals surface area contributed by atoms with Gasteiger partial charge in [-0.05, 0) is 83.9 Å². The number of rotatable bonds is 3. The van der Waals surface area contributed by atoms with Crippen LogP contribution in [0.25, 0.3) is 93.0 Å². The van der Waals surface area contributed by atoms with E-state index in [-0.39, 0.29) is 0 Å². The van der Waals surface area contributed by atoms with Crippen molar-refractivity contribution < 1.29 is 4.42 Å². The van der Waals surface area contributed by atoms with Crippen LogP contribution in [0.5, 0.6) is 0 Å². The Balaban J connectivity index is 1.21. The van der Waals surface area contributed by atoms with Gasteiger partial charge < -0.3 is 13.6 Å². The van der Waals surface area contributed by atoms with Gasteiger partial charge in [-0.15, -0.1) is 0 Å². The van der Waals surface area contributed by atoms with Gasteiger partial charge in [-0.1, -0.05) is 66.7 Å². The van der Waals surface area contributed by atoms with Gasteiger partial charge >= 0.3 is 0 Å². The van der Waals surface area contributed by atoms with Gasteiger partial charge in [0.1, 0.15) is 11.2 Å². The Morgan fingerprint density at radius 1 is 0.511 bits per heavy atom. The summed E-state index contributed by atoms with van der Waals surface area (Å²) < 4.78 is 10.8. The SMILES string of the molecule is [C-]#[N+]c1cc(-c2cccc(-n3c4cccnc4c4c5c(ccc43)oc3ccccc35)c2)cc(-n2c3ccccc3c3ccccc32)c1. The third kappa shape index (κ3) is 3.67. The molecule has 218 valence electrons. The highest BCUT2D eigenvalue weighted by Gasteiger charge is 2.20. The summed E-state index contributed by atoms with van der Waals surface area (Å²) in [7, 11) is 0. The van der Waals surface area contributed by atoms with E-state index in [0.29, 0.717) is 5.69 Å². The maximum absolute atomic E-state index is 7.99. The molecule has 5 nitrogen and oxygen atoms in total. The Morgan fingerprint density at radius 2 is 1.21 bits per heavy atom. The maximum atomic E-state index is 7.99. The molecule has 10 aromatic rings. The summed E-state index contributed by atoms with van der Waals surface area (Å²) in [5.74, 6) is 0. The minimum absolute atomic E-state index is 0.597. The minimum atomic E-state index is 0.597. The number of nitrogens with zero attached hydrogens (tertiary/aromatic N) is 4. The summed E-state index contributed by atoms with van der Waals surface area (Å²) in [6.45, 7) is 7.99. The number of pyridine rings is 1. The zero-order valence-corrected chi connectivity index (χ0v) is 25.1. The van der Waals surface area contributed by atoms with Gasteiger partial charge in [0.15, 0.2) is 5.69 Å². The summed E-state index contributed by atoms with van der Waals surface area (Å²) in [6.07, 6.45) is 1.86. The molecular weight excluding hydrogens is 576 g/mol. The molecule has 6 aromatic carbocycles. The van der Waals surface area contributed by atoms with Crippen LogP contribution in [0, 0.1) is 6.57 Å². The summed E-state index contributed by atoms with van der Waals surface area (Å²) in [5.41, 5.74) is 11.6. The van der Waals surface area contributed by atoms with Crippen molar-refractivity contribution in [2.45, 2.75) is 0 Å². The third-order valence-electron chi connectivity index (χ3n) is 9.33. The first-order valence-electron chi connectivity index (χ1n) is 15.6. The molecule has 0 saturated heterocycles. The van der Waals surface area contributed by atoms with Crippen LogP contribution in [0.1, 0.15) is 0 Å². The number of fused-ring (bicyclic) bond motifs is 10. The molecular formula is C42H24N4O. The van der Waals surface area contributed by atoms with Gasteiger partial charge in [-0.3, -0.25) is 4.98 Å². The van der Waals surface area contributed by atoms with Gasteiger partial charge in [-0.25, -0.2) is 4.85 Å². The number of hydrogen-bond donors (Lipinski definition) is 0. The molecule has 0 aliphatic rings. The molecule has 47 heavy (non-hydrogen) atoms. The molecule has 0 saturated carbocycles. The van der Waals surface area contributed by atoms with Crippen LogP contribution in [0.2, 0.25) is 0 Å². The van der Waals surface area contributed by atoms with Crippen molar-refractivity contribution in [2.24, 2.45) is 0 Å². The monoisotopic (exact) mass is 600 g/mol. The number of aromatic nitrogens is 3. The Hall–Kier alpha value is -6.64. The van der Waals surface area contributed by atoms with E-state index in [4.69, 9.17) is 16.0 Å². The first-order valence-corrected chi connectivity index (χ1v) is 15.6. The third-order valence-corrected chi connectivity index (χ3v) is 9.33. The lowest BCUT2D eigenvalue weighted by Gasteiger charge is -2.13.